The van der Waals surface area contributed by atoms with Crippen LogP contribution in [0.15, 0.2) is 30.9 Å². The summed E-state index contributed by atoms with van der Waals surface area (Å²) in [5.74, 6) is -0.776. The third-order valence-corrected chi connectivity index (χ3v) is 4.67. The van der Waals surface area contributed by atoms with Gasteiger partial charge in [0.1, 0.15) is 0 Å². The Morgan fingerprint density at radius 2 is 1.92 bits per heavy atom. The van der Waals surface area contributed by atoms with Crippen LogP contribution in [-0.2, 0) is 0 Å². The van der Waals surface area contributed by atoms with Crippen molar-refractivity contribution in [3.8, 4) is 5.88 Å². The second-order valence-corrected chi connectivity index (χ2v) is 6.39. The molecule has 24 heavy (non-hydrogen) atoms. The van der Waals surface area contributed by atoms with E-state index in [1.54, 1.807) is 0 Å². The van der Waals surface area contributed by atoms with E-state index in [2.05, 4.69) is 11.6 Å². The molecule has 1 unspecified atom stereocenters. The van der Waals surface area contributed by atoms with Crippen LogP contribution in [0.4, 0.5) is 17.6 Å². The van der Waals surface area contributed by atoms with Gasteiger partial charge in [0, 0.05) is 6.07 Å². The van der Waals surface area contributed by atoms with Crippen molar-refractivity contribution in [1.82, 2.24) is 4.98 Å². The molecule has 0 aromatic carbocycles. The van der Waals surface area contributed by atoms with E-state index in [4.69, 9.17) is 4.74 Å². The normalized spacial score (nSPS) is 18.8. The van der Waals surface area contributed by atoms with Crippen LogP contribution in [-0.4, -0.2) is 16.8 Å². The largest absolute Gasteiger partial charge is 0.457 e. The first-order chi connectivity index (χ1) is 11.4. The first-order valence-corrected chi connectivity index (χ1v) is 8.38. The first-order valence-electron chi connectivity index (χ1n) is 8.38. The van der Waals surface area contributed by atoms with Crippen molar-refractivity contribution in [2.45, 2.75) is 63.1 Å². The quantitative estimate of drug-likeness (QED) is 0.352. The van der Waals surface area contributed by atoms with Crippen LogP contribution < -0.4 is 4.74 Å². The maximum atomic E-state index is 13.6. The maximum Gasteiger partial charge on any atom is 0.432 e. The van der Waals surface area contributed by atoms with Crippen LogP contribution in [0.3, 0.4) is 0 Å². The minimum atomic E-state index is -4.64. The fraction of sp³-hybridized carbons (Fsp3) is 0.611. The van der Waals surface area contributed by atoms with Gasteiger partial charge in [-0.05, 0) is 30.9 Å². The van der Waals surface area contributed by atoms with Crippen molar-refractivity contribution in [3.63, 3.8) is 0 Å². The van der Waals surface area contributed by atoms with Crippen molar-refractivity contribution in [2.24, 2.45) is 5.92 Å². The van der Waals surface area contributed by atoms with E-state index in [0.717, 1.165) is 44.2 Å². The van der Waals surface area contributed by atoms with Crippen LogP contribution in [0.25, 0.3) is 0 Å². The molecule has 1 aromatic rings. The van der Waals surface area contributed by atoms with Crippen molar-refractivity contribution in [3.05, 3.63) is 36.8 Å². The smallest absolute Gasteiger partial charge is 0.432 e. The predicted octanol–water partition coefficient (Wildman–Crippen LogP) is 5.84. The van der Waals surface area contributed by atoms with Gasteiger partial charge in [0.05, 0.1) is 0 Å². The van der Waals surface area contributed by atoms with Gasteiger partial charge in [-0.15, -0.1) is 0 Å². The summed E-state index contributed by atoms with van der Waals surface area (Å²) in [5.41, 5.74) is -2.54. The Morgan fingerprint density at radius 3 is 2.50 bits per heavy atom. The molecule has 0 saturated heterocycles. The molecule has 6 heteroatoms. The summed E-state index contributed by atoms with van der Waals surface area (Å²) in [6.45, 7) is 3.32. The third kappa shape index (κ3) is 4.71. The number of halogens is 4. The van der Waals surface area contributed by atoms with Crippen molar-refractivity contribution >= 4 is 0 Å². The highest BCUT2D eigenvalue weighted by Gasteiger charge is 2.55. The number of hydrogen-bond donors (Lipinski definition) is 0. The highest BCUT2D eigenvalue weighted by Crippen LogP contribution is 2.40. The summed E-state index contributed by atoms with van der Waals surface area (Å²) >= 11 is 0. The standard InChI is InChI=1S/C18H23F4NO/c1-2-17(18(20,21)22,24-16-12-6-11-15(19)23-16)13-7-10-14-8-4-3-5-9-14/h2,6,11-12,14H,1,3-5,7-10,13H2. The molecule has 2 rings (SSSR count). The highest BCUT2D eigenvalue weighted by atomic mass is 19.4. The minimum absolute atomic E-state index is 0.241. The summed E-state index contributed by atoms with van der Waals surface area (Å²) < 4.78 is 59.1. The van der Waals surface area contributed by atoms with Crippen molar-refractivity contribution in [2.75, 3.05) is 0 Å². The van der Waals surface area contributed by atoms with Gasteiger partial charge in [0.2, 0.25) is 17.4 Å². The fourth-order valence-electron chi connectivity index (χ4n) is 3.27. The van der Waals surface area contributed by atoms with Crippen LogP contribution in [0.5, 0.6) is 5.88 Å². The number of pyridine rings is 1. The third-order valence-electron chi connectivity index (χ3n) is 4.67. The molecular weight excluding hydrogens is 322 g/mol. The molecule has 134 valence electrons. The van der Waals surface area contributed by atoms with Gasteiger partial charge in [0.25, 0.3) is 0 Å². The second-order valence-electron chi connectivity index (χ2n) is 6.39. The lowest BCUT2D eigenvalue weighted by atomic mass is 9.84. The van der Waals surface area contributed by atoms with E-state index in [1.807, 2.05) is 0 Å². The lowest BCUT2D eigenvalue weighted by Crippen LogP contribution is -2.48. The van der Waals surface area contributed by atoms with E-state index in [0.29, 0.717) is 12.3 Å². The minimum Gasteiger partial charge on any atom is -0.457 e. The highest BCUT2D eigenvalue weighted by molar-refractivity contribution is 5.16. The summed E-state index contributed by atoms with van der Waals surface area (Å²) in [6, 6.07) is 3.54. The molecular formula is C18H23F4NO. The molecule has 0 aliphatic heterocycles. The number of hydrogen-bond acceptors (Lipinski definition) is 2. The SMILES string of the molecule is C=CC(CCCC1CCCCC1)(Oc1cccc(F)n1)C(F)(F)F. The molecule has 0 radical (unpaired) electrons. The zero-order valence-corrected chi connectivity index (χ0v) is 13.6. The second kappa shape index (κ2) is 7.99. The Hall–Kier alpha value is -1.59. The zero-order chi connectivity index (χ0) is 17.6. The zero-order valence-electron chi connectivity index (χ0n) is 13.6. The van der Waals surface area contributed by atoms with Gasteiger partial charge in [-0.1, -0.05) is 51.2 Å². The van der Waals surface area contributed by atoms with E-state index in [1.165, 1.54) is 18.6 Å². The number of rotatable bonds is 7. The average Bonchev–Trinajstić information content (AvgIpc) is 2.54. The van der Waals surface area contributed by atoms with Crippen LogP contribution in [0.2, 0.25) is 0 Å². The molecule has 0 spiro atoms. The van der Waals surface area contributed by atoms with Crippen LogP contribution >= 0.6 is 0 Å². The lowest BCUT2D eigenvalue weighted by Gasteiger charge is -2.33. The molecule has 1 heterocycles. The maximum absolute atomic E-state index is 13.6. The Labute approximate surface area is 139 Å². The summed E-state index contributed by atoms with van der Waals surface area (Å²) in [4.78, 5) is 3.38. The molecule has 1 aliphatic rings. The van der Waals surface area contributed by atoms with Gasteiger partial charge in [-0.3, -0.25) is 0 Å². The molecule has 1 atom stereocenters. The molecule has 1 aromatic heterocycles. The van der Waals surface area contributed by atoms with Gasteiger partial charge >= 0.3 is 6.18 Å². The number of nitrogens with zero attached hydrogens (tertiary/aromatic N) is 1. The summed E-state index contributed by atoms with van der Waals surface area (Å²) in [7, 11) is 0. The Balaban J connectivity index is 2.06. The van der Waals surface area contributed by atoms with Gasteiger partial charge in [-0.2, -0.15) is 22.5 Å². The summed E-state index contributed by atoms with van der Waals surface area (Å²) in [6.07, 6.45) is 2.69. The van der Waals surface area contributed by atoms with Crippen molar-refractivity contribution in [1.29, 1.82) is 0 Å². The molecule has 0 N–H and O–H groups in total. The number of alkyl halides is 3. The molecule has 1 aliphatic carbocycles. The van der Waals surface area contributed by atoms with Crippen molar-refractivity contribution < 1.29 is 22.3 Å². The molecule has 2 nitrogen and oxygen atoms in total. The van der Waals surface area contributed by atoms with Gasteiger partial charge < -0.3 is 4.74 Å². The predicted molar refractivity (Wildman–Crippen MR) is 84.2 cm³/mol. The van der Waals surface area contributed by atoms with E-state index in [-0.39, 0.29) is 12.3 Å². The lowest BCUT2D eigenvalue weighted by molar-refractivity contribution is -0.232. The molecule has 1 fully saturated rings. The topological polar surface area (TPSA) is 22.1 Å². The van der Waals surface area contributed by atoms with E-state index < -0.39 is 17.7 Å². The summed E-state index contributed by atoms with van der Waals surface area (Å²) in [5, 5.41) is 0. The Morgan fingerprint density at radius 1 is 1.21 bits per heavy atom. The van der Waals surface area contributed by atoms with Crippen LogP contribution in [0.1, 0.15) is 51.4 Å². The van der Waals surface area contributed by atoms with E-state index in [9.17, 15) is 17.6 Å². The Kier molecular flexibility index (Phi) is 6.24. The molecule has 0 amide bonds. The Bertz CT molecular complexity index is 540. The number of aromatic nitrogens is 1. The van der Waals surface area contributed by atoms with E-state index >= 15 is 0 Å². The monoisotopic (exact) mass is 345 g/mol. The fourth-order valence-corrected chi connectivity index (χ4v) is 3.27. The van der Waals surface area contributed by atoms with Gasteiger partial charge in [0.15, 0.2) is 0 Å². The van der Waals surface area contributed by atoms with Gasteiger partial charge in [-0.25, -0.2) is 0 Å². The molecule has 0 bridgehead atoms. The molecule has 1 saturated carbocycles. The first kappa shape index (κ1) is 18.7. The van der Waals surface area contributed by atoms with Crippen LogP contribution in [0, 0.1) is 11.9 Å². The number of ether oxygens (including phenoxy) is 1. The average molecular weight is 345 g/mol.